The van der Waals surface area contributed by atoms with Crippen LogP contribution in [0.4, 0.5) is 0 Å². The molecule has 0 spiro atoms. The smallest absolute Gasteiger partial charge is 0.259 e. The monoisotopic (exact) mass is 221 g/mol. The van der Waals surface area contributed by atoms with E-state index in [1.807, 2.05) is 4.90 Å². The van der Waals surface area contributed by atoms with Crippen molar-refractivity contribution >= 4 is 5.91 Å². The summed E-state index contributed by atoms with van der Waals surface area (Å²) in [6, 6.07) is 0.348. The number of hydrogen-bond donors (Lipinski definition) is 1. The molecule has 5 nitrogen and oxygen atoms in total. The maximum atomic E-state index is 12.3. The summed E-state index contributed by atoms with van der Waals surface area (Å²) in [7, 11) is 0. The number of carbonyl (C=O) groups excluding carboxylic acids is 1. The average Bonchev–Trinajstić information content (AvgIpc) is 2.82. The highest BCUT2D eigenvalue weighted by Gasteiger charge is 2.38. The molecule has 2 unspecified atom stereocenters. The van der Waals surface area contributed by atoms with Crippen LogP contribution in [-0.2, 0) is 0 Å². The van der Waals surface area contributed by atoms with Gasteiger partial charge in [0, 0.05) is 19.1 Å². The van der Waals surface area contributed by atoms with Crippen molar-refractivity contribution in [3.8, 4) is 0 Å². The summed E-state index contributed by atoms with van der Waals surface area (Å²) in [6.45, 7) is 4.60. The first kappa shape index (κ1) is 9.84. The van der Waals surface area contributed by atoms with Gasteiger partial charge in [0.25, 0.3) is 5.91 Å². The molecule has 16 heavy (non-hydrogen) atoms. The Labute approximate surface area is 93.8 Å². The Morgan fingerprint density at radius 3 is 3.19 bits per heavy atom. The Balaban J connectivity index is 1.83. The van der Waals surface area contributed by atoms with Crippen LogP contribution in [0.5, 0.6) is 0 Å². The SMILES string of the molecule is Cc1nocc1C(=O)N1CC2CNCC1C2. The number of amides is 1. The number of aromatic nitrogens is 1. The highest BCUT2D eigenvalue weighted by molar-refractivity contribution is 5.95. The molecular weight excluding hydrogens is 206 g/mol. The number of carbonyl (C=O) groups is 1. The van der Waals surface area contributed by atoms with Crippen molar-refractivity contribution in [2.24, 2.45) is 5.92 Å². The van der Waals surface area contributed by atoms with E-state index in [-0.39, 0.29) is 5.91 Å². The van der Waals surface area contributed by atoms with Crippen LogP contribution in [0.3, 0.4) is 0 Å². The fourth-order valence-corrected chi connectivity index (χ4v) is 2.71. The number of rotatable bonds is 1. The lowest BCUT2D eigenvalue weighted by atomic mass is 10.0. The molecule has 5 heteroatoms. The van der Waals surface area contributed by atoms with E-state index in [0.29, 0.717) is 23.2 Å². The predicted molar refractivity (Wildman–Crippen MR) is 57.0 cm³/mol. The van der Waals surface area contributed by atoms with Gasteiger partial charge in [-0.25, -0.2) is 0 Å². The minimum absolute atomic E-state index is 0.0648. The first-order chi connectivity index (χ1) is 7.75. The van der Waals surface area contributed by atoms with Crippen molar-refractivity contribution in [1.82, 2.24) is 15.4 Å². The number of nitrogens with zero attached hydrogens (tertiary/aromatic N) is 2. The molecule has 0 aliphatic carbocycles. The summed E-state index contributed by atoms with van der Waals surface area (Å²) in [4.78, 5) is 14.2. The topological polar surface area (TPSA) is 58.4 Å². The predicted octanol–water partition coefficient (Wildman–Crippen LogP) is 0.417. The molecule has 3 heterocycles. The van der Waals surface area contributed by atoms with Crippen LogP contribution in [-0.4, -0.2) is 41.6 Å². The molecule has 2 atom stereocenters. The molecule has 2 aliphatic heterocycles. The molecule has 2 bridgehead atoms. The van der Waals surface area contributed by atoms with E-state index < -0.39 is 0 Å². The Hall–Kier alpha value is -1.36. The number of fused-ring (bicyclic) bond motifs is 2. The van der Waals surface area contributed by atoms with Crippen LogP contribution >= 0.6 is 0 Å². The molecule has 1 N–H and O–H groups in total. The van der Waals surface area contributed by atoms with Crippen LogP contribution in [0.25, 0.3) is 0 Å². The summed E-state index contributed by atoms with van der Waals surface area (Å²) in [6.07, 6.45) is 2.58. The standard InChI is InChI=1S/C11H15N3O2/c1-7-10(6-16-13-7)11(15)14-5-8-2-9(14)4-12-3-8/h6,8-9,12H,2-5H2,1H3. The second-order valence-electron chi connectivity index (χ2n) is 4.68. The van der Waals surface area contributed by atoms with Gasteiger partial charge >= 0.3 is 0 Å². The van der Waals surface area contributed by atoms with E-state index in [2.05, 4.69) is 10.5 Å². The van der Waals surface area contributed by atoms with Crippen molar-refractivity contribution in [3.63, 3.8) is 0 Å². The van der Waals surface area contributed by atoms with Gasteiger partial charge in [0.2, 0.25) is 0 Å². The van der Waals surface area contributed by atoms with Crippen molar-refractivity contribution in [2.45, 2.75) is 19.4 Å². The summed E-state index contributed by atoms with van der Waals surface area (Å²) in [5.74, 6) is 0.679. The largest absolute Gasteiger partial charge is 0.364 e. The quantitative estimate of drug-likeness (QED) is 0.746. The van der Waals surface area contributed by atoms with E-state index >= 15 is 0 Å². The molecule has 2 fully saturated rings. The zero-order valence-corrected chi connectivity index (χ0v) is 9.27. The van der Waals surface area contributed by atoms with Crippen LogP contribution in [0.15, 0.2) is 10.8 Å². The molecule has 1 aromatic rings. The molecule has 2 saturated heterocycles. The molecule has 3 rings (SSSR count). The van der Waals surface area contributed by atoms with Crippen LogP contribution < -0.4 is 5.32 Å². The zero-order chi connectivity index (χ0) is 11.1. The molecule has 1 amide bonds. The number of hydrogen-bond acceptors (Lipinski definition) is 4. The second-order valence-corrected chi connectivity index (χ2v) is 4.68. The fraction of sp³-hybridized carbons (Fsp3) is 0.636. The first-order valence-corrected chi connectivity index (χ1v) is 5.68. The summed E-state index contributed by atoms with van der Waals surface area (Å²) >= 11 is 0. The van der Waals surface area contributed by atoms with Crippen molar-refractivity contribution in [1.29, 1.82) is 0 Å². The lowest BCUT2D eigenvalue weighted by Crippen LogP contribution is -2.41. The third-order valence-corrected chi connectivity index (χ3v) is 3.56. The van der Waals surface area contributed by atoms with Gasteiger partial charge < -0.3 is 14.7 Å². The number of nitrogens with one attached hydrogen (secondary N) is 1. The van der Waals surface area contributed by atoms with Crippen molar-refractivity contribution in [3.05, 3.63) is 17.5 Å². The number of aryl methyl sites for hydroxylation is 1. The zero-order valence-electron chi connectivity index (χ0n) is 9.27. The van der Waals surface area contributed by atoms with E-state index in [1.54, 1.807) is 6.92 Å². The molecule has 1 aromatic heterocycles. The number of likely N-dealkylation sites (tertiary alicyclic amines) is 1. The van der Waals surface area contributed by atoms with Gasteiger partial charge in [-0.15, -0.1) is 0 Å². The van der Waals surface area contributed by atoms with Crippen LogP contribution in [0, 0.1) is 12.8 Å². The Morgan fingerprint density at radius 2 is 2.50 bits per heavy atom. The first-order valence-electron chi connectivity index (χ1n) is 5.68. The normalized spacial score (nSPS) is 28.4. The Morgan fingerprint density at radius 1 is 1.62 bits per heavy atom. The maximum Gasteiger partial charge on any atom is 0.259 e. The van der Waals surface area contributed by atoms with Gasteiger partial charge in [-0.1, -0.05) is 5.16 Å². The second kappa shape index (κ2) is 3.59. The van der Waals surface area contributed by atoms with Gasteiger partial charge in [-0.05, 0) is 25.8 Å². The Bertz CT molecular complexity index is 415. The highest BCUT2D eigenvalue weighted by Crippen LogP contribution is 2.27. The molecular formula is C11H15N3O2. The van der Waals surface area contributed by atoms with E-state index in [1.165, 1.54) is 6.26 Å². The van der Waals surface area contributed by atoms with Gasteiger partial charge in [0.15, 0.2) is 0 Å². The van der Waals surface area contributed by atoms with Gasteiger partial charge in [0.05, 0.1) is 5.69 Å². The molecule has 2 aliphatic rings. The van der Waals surface area contributed by atoms with Gasteiger partial charge in [0.1, 0.15) is 11.8 Å². The van der Waals surface area contributed by atoms with Gasteiger partial charge in [-0.3, -0.25) is 4.79 Å². The van der Waals surface area contributed by atoms with E-state index in [9.17, 15) is 4.79 Å². The summed E-state index contributed by atoms with van der Waals surface area (Å²) in [5.41, 5.74) is 1.28. The third kappa shape index (κ3) is 1.43. The minimum Gasteiger partial charge on any atom is -0.364 e. The maximum absolute atomic E-state index is 12.3. The van der Waals surface area contributed by atoms with E-state index in [4.69, 9.17) is 4.52 Å². The van der Waals surface area contributed by atoms with Crippen LogP contribution in [0.1, 0.15) is 22.5 Å². The molecule has 86 valence electrons. The average molecular weight is 221 g/mol. The summed E-state index contributed by atoms with van der Waals surface area (Å²) in [5, 5.41) is 7.12. The van der Waals surface area contributed by atoms with E-state index in [0.717, 1.165) is 26.1 Å². The number of piperidine rings is 1. The molecule has 0 radical (unpaired) electrons. The summed E-state index contributed by atoms with van der Waals surface area (Å²) < 4.78 is 4.82. The highest BCUT2D eigenvalue weighted by atomic mass is 16.5. The third-order valence-electron chi connectivity index (χ3n) is 3.56. The van der Waals surface area contributed by atoms with Crippen LogP contribution in [0.2, 0.25) is 0 Å². The lowest BCUT2D eigenvalue weighted by Gasteiger charge is -2.24. The fourth-order valence-electron chi connectivity index (χ4n) is 2.71. The minimum atomic E-state index is 0.0648. The lowest BCUT2D eigenvalue weighted by molar-refractivity contribution is 0.0738. The van der Waals surface area contributed by atoms with Gasteiger partial charge in [-0.2, -0.15) is 0 Å². The molecule has 0 aromatic carbocycles. The Kier molecular flexibility index (Phi) is 2.21. The molecule has 0 saturated carbocycles. The van der Waals surface area contributed by atoms with Crippen molar-refractivity contribution in [2.75, 3.05) is 19.6 Å². The van der Waals surface area contributed by atoms with Crippen molar-refractivity contribution < 1.29 is 9.32 Å².